The number of nitrogens with one attached hydrogen (secondary N) is 2. The van der Waals surface area contributed by atoms with Gasteiger partial charge in [0.2, 0.25) is 5.91 Å². The van der Waals surface area contributed by atoms with E-state index in [1.165, 1.54) is 19.3 Å². The number of amides is 1. The highest BCUT2D eigenvalue weighted by molar-refractivity contribution is 5.92. The molecule has 1 saturated heterocycles. The number of carbonyl (C=O) groups excluding carboxylic acids is 1. The highest BCUT2D eigenvalue weighted by Gasteiger charge is 2.17. The van der Waals surface area contributed by atoms with Crippen LogP contribution in [0.25, 0.3) is 0 Å². The van der Waals surface area contributed by atoms with Crippen molar-refractivity contribution in [2.24, 2.45) is 0 Å². The van der Waals surface area contributed by atoms with Crippen molar-refractivity contribution in [1.29, 1.82) is 0 Å². The summed E-state index contributed by atoms with van der Waals surface area (Å²) in [5.74, 6) is 0.0638. The average Bonchev–Trinajstić information content (AvgIpc) is 2.48. The molecule has 2 rings (SSSR count). The first-order chi connectivity index (χ1) is 9.78. The standard InChI is InChI=1S/C16H25N3O/c1-2-19(12-15-10-6-7-11-17-15)13-16(20)18-14-8-4-3-5-9-14/h3-5,8-9,15,17H,2,6-7,10-13H2,1H3,(H,18,20). The van der Waals surface area contributed by atoms with Gasteiger partial charge < -0.3 is 10.6 Å². The first-order valence-corrected chi connectivity index (χ1v) is 7.58. The Kier molecular flexibility index (Phi) is 6.02. The topological polar surface area (TPSA) is 44.4 Å². The van der Waals surface area contributed by atoms with E-state index in [1.54, 1.807) is 0 Å². The van der Waals surface area contributed by atoms with E-state index in [9.17, 15) is 4.79 Å². The van der Waals surface area contributed by atoms with E-state index >= 15 is 0 Å². The van der Waals surface area contributed by atoms with E-state index in [2.05, 4.69) is 22.5 Å². The molecule has 1 aromatic carbocycles. The summed E-state index contributed by atoms with van der Waals surface area (Å²) in [4.78, 5) is 14.3. The molecular formula is C16H25N3O. The summed E-state index contributed by atoms with van der Waals surface area (Å²) >= 11 is 0. The summed E-state index contributed by atoms with van der Waals surface area (Å²) in [5, 5.41) is 6.48. The van der Waals surface area contributed by atoms with E-state index in [0.29, 0.717) is 12.6 Å². The summed E-state index contributed by atoms with van der Waals surface area (Å²) in [7, 11) is 0. The van der Waals surface area contributed by atoms with Crippen molar-refractivity contribution in [3.63, 3.8) is 0 Å². The van der Waals surface area contributed by atoms with Crippen molar-refractivity contribution < 1.29 is 4.79 Å². The molecule has 0 aromatic heterocycles. The third-order valence-corrected chi connectivity index (χ3v) is 3.76. The summed E-state index contributed by atoms with van der Waals surface area (Å²) < 4.78 is 0. The minimum Gasteiger partial charge on any atom is -0.325 e. The minimum absolute atomic E-state index is 0.0638. The van der Waals surface area contributed by atoms with Crippen LogP contribution in [0.5, 0.6) is 0 Å². The Morgan fingerprint density at radius 2 is 2.15 bits per heavy atom. The summed E-state index contributed by atoms with van der Waals surface area (Å²) in [6, 6.07) is 10.2. The number of benzene rings is 1. The molecule has 4 heteroatoms. The maximum Gasteiger partial charge on any atom is 0.238 e. The van der Waals surface area contributed by atoms with Crippen LogP contribution in [0.3, 0.4) is 0 Å². The second-order valence-electron chi connectivity index (χ2n) is 5.39. The van der Waals surface area contributed by atoms with Gasteiger partial charge in [-0.2, -0.15) is 0 Å². The normalized spacial score (nSPS) is 19.0. The molecule has 110 valence electrons. The zero-order valence-corrected chi connectivity index (χ0v) is 12.3. The van der Waals surface area contributed by atoms with Crippen LogP contribution >= 0.6 is 0 Å². The van der Waals surface area contributed by atoms with Crippen molar-refractivity contribution in [2.45, 2.75) is 32.2 Å². The van der Waals surface area contributed by atoms with Crippen molar-refractivity contribution in [3.8, 4) is 0 Å². The van der Waals surface area contributed by atoms with Gasteiger partial charge in [0, 0.05) is 18.3 Å². The fraction of sp³-hybridized carbons (Fsp3) is 0.562. The Morgan fingerprint density at radius 1 is 1.35 bits per heavy atom. The Labute approximate surface area is 121 Å². The number of likely N-dealkylation sites (N-methyl/N-ethyl adjacent to an activating group) is 1. The van der Waals surface area contributed by atoms with E-state index in [-0.39, 0.29) is 5.91 Å². The highest BCUT2D eigenvalue weighted by atomic mass is 16.2. The molecule has 1 atom stereocenters. The number of hydrogen-bond donors (Lipinski definition) is 2. The van der Waals surface area contributed by atoms with Crippen LogP contribution in [0.2, 0.25) is 0 Å². The zero-order valence-electron chi connectivity index (χ0n) is 12.3. The van der Waals surface area contributed by atoms with Crippen LogP contribution in [0, 0.1) is 0 Å². The Morgan fingerprint density at radius 3 is 2.80 bits per heavy atom. The Hall–Kier alpha value is -1.39. The molecular weight excluding hydrogens is 250 g/mol. The van der Waals surface area contributed by atoms with Crippen LogP contribution in [0.4, 0.5) is 5.69 Å². The number of piperidine rings is 1. The molecule has 2 N–H and O–H groups in total. The number of rotatable bonds is 6. The van der Waals surface area contributed by atoms with Gasteiger partial charge in [0.05, 0.1) is 6.54 Å². The first-order valence-electron chi connectivity index (χ1n) is 7.58. The average molecular weight is 275 g/mol. The monoisotopic (exact) mass is 275 g/mol. The van der Waals surface area contributed by atoms with Gasteiger partial charge in [-0.05, 0) is 38.1 Å². The highest BCUT2D eigenvalue weighted by Crippen LogP contribution is 2.09. The lowest BCUT2D eigenvalue weighted by atomic mass is 10.0. The predicted molar refractivity (Wildman–Crippen MR) is 82.8 cm³/mol. The quantitative estimate of drug-likeness (QED) is 0.835. The first kappa shape index (κ1) is 15.0. The summed E-state index contributed by atoms with van der Waals surface area (Å²) in [6.45, 7) is 5.54. The van der Waals surface area contributed by atoms with Crippen LogP contribution < -0.4 is 10.6 Å². The number of carbonyl (C=O) groups is 1. The molecule has 0 bridgehead atoms. The molecule has 1 unspecified atom stereocenters. The predicted octanol–water partition coefficient (Wildman–Crippen LogP) is 2.09. The third kappa shape index (κ3) is 4.94. The molecule has 1 aliphatic heterocycles. The molecule has 4 nitrogen and oxygen atoms in total. The molecule has 1 aliphatic rings. The van der Waals surface area contributed by atoms with Gasteiger partial charge in [-0.15, -0.1) is 0 Å². The van der Waals surface area contributed by atoms with E-state index in [0.717, 1.165) is 25.3 Å². The van der Waals surface area contributed by atoms with E-state index < -0.39 is 0 Å². The lowest BCUT2D eigenvalue weighted by Crippen LogP contribution is -2.45. The van der Waals surface area contributed by atoms with Gasteiger partial charge >= 0.3 is 0 Å². The summed E-state index contributed by atoms with van der Waals surface area (Å²) in [5.41, 5.74) is 0.865. The molecule has 0 saturated carbocycles. The van der Waals surface area contributed by atoms with Crippen LogP contribution in [-0.4, -0.2) is 43.0 Å². The number of nitrogens with zero attached hydrogens (tertiary/aromatic N) is 1. The molecule has 1 heterocycles. The molecule has 0 aliphatic carbocycles. The fourth-order valence-corrected chi connectivity index (χ4v) is 2.62. The van der Waals surface area contributed by atoms with Crippen molar-refractivity contribution in [2.75, 3.05) is 31.5 Å². The third-order valence-electron chi connectivity index (χ3n) is 3.76. The smallest absolute Gasteiger partial charge is 0.238 e. The van der Waals surface area contributed by atoms with Gasteiger partial charge in [-0.25, -0.2) is 0 Å². The Bertz CT molecular complexity index is 401. The molecule has 0 spiro atoms. The largest absolute Gasteiger partial charge is 0.325 e. The lowest BCUT2D eigenvalue weighted by Gasteiger charge is -2.29. The van der Waals surface area contributed by atoms with Crippen LogP contribution in [0.15, 0.2) is 30.3 Å². The molecule has 0 radical (unpaired) electrons. The van der Waals surface area contributed by atoms with Gasteiger partial charge in [0.25, 0.3) is 0 Å². The van der Waals surface area contributed by atoms with Gasteiger partial charge in [-0.3, -0.25) is 9.69 Å². The van der Waals surface area contributed by atoms with Crippen LogP contribution in [0.1, 0.15) is 26.2 Å². The fourth-order valence-electron chi connectivity index (χ4n) is 2.62. The molecule has 20 heavy (non-hydrogen) atoms. The maximum atomic E-state index is 12.1. The van der Waals surface area contributed by atoms with Gasteiger partial charge in [-0.1, -0.05) is 31.5 Å². The van der Waals surface area contributed by atoms with E-state index in [1.807, 2.05) is 30.3 Å². The summed E-state index contributed by atoms with van der Waals surface area (Å²) in [6.07, 6.45) is 3.79. The minimum atomic E-state index is 0.0638. The maximum absolute atomic E-state index is 12.1. The Balaban J connectivity index is 1.78. The zero-order chi connectivity index (χ0) is 14.2. The van der Waals surface area contributed by atoms with Gasteiger partial charge in [0.1, 0.15) is 0 Å². The number of anilines is 1. The molecule has 1 amide bonds. The van der Waals surface area contributed by atoms with Crippen molar-refractivity contribution >= 4 is 11.6 Å². The SMILES string of the molecule is CCN(CC(=O)Nc1ccccc1)CC1CCCCN1. The van der Waals surface area contributed by atoms with Crippen molar-refractivity contribution in [1.82, 2.24) is 10.2 Å². The second-order valence-corrected chi connectivity index (χ2v) is 5.39. The van der Waals surface area contributed by atoms with Crippen molar-refractivity contribution in [3.05, 3.63) is 30.3 Å². The van der Waals surface area contributed by atoms with E-state index in [4.69, 9.17) is 0 Å². The molecule has 1 aromatic rings. The lowest BCUT2D eigenvalue weighted by molar-refractivity contribution is -0.117. The number of para-hydroxylation sites is 1. The second kappa shape index (κ2) is 8.02. The van der Waals surface area contributed by atoms with Gasteiger partial charge in [0.15, 0.2) is 0 Å². The number of hydrogen-bond acceptors (Lipinski definition) is 3. The molecule has 1 fully saturated rings. The van der Waals surface area contributed by atoms with Crippen LogP contribution in [-0.2, 0) is 4.79 Å².